The maximum Gasteiger partial charge on any atom is 0.123 e. The quantitative estimate of drug-likeness (QED) is 0.853. The predicted molar refractivity (Wildman–Crippen MR) is 78.3 cm³/mol. The summed E-state index contributed by atoms with van der Waals surface area (Å²) < 4.78 is 0. The molecule has 0 bridgehead atoms. The molecular weight excluding hydrogens is 234 g/mol. The Bertz CT molecular complexity index is 586. The molecule has 1 atom stereocenters. The standard InChI is InChI=1S/C17H19NO/c1-12-11-13(16-6-4-10-18-16)8-9-14(12)15-5-2-3-7-17(15)19/h2-3,5,7-9,11,16,18-19H,4,6,10H2,1H3. The third-order valence-electron chi connectivity index (χ3n) is 3.91. The van der Waals surface area contributed by atoms with Gasteiger partial charge in [-0.2, -0.15) is 0 Å². The first-order chi connectivity index (χ1) is 9.25. The van der Waals surface area contributed by atoms with E-state index in [1.807, 2.05) is 18.2 Å². The third-order valence-corrected chi connectivity index (χ3v) is 3.91. The normalized spacial score (nSPS) is 18.7. The molecule has 0 aromatic heterocycles. The molecule has 98 valence electrons. The minimum atomic E-state index is 0.345. The van der Waals surface area contributed by atoms with Crippen LogP contribution < -0.4 is 5.32 Å². The van der Waals surface area contributed by atoms with Crippen LogP contribution in [0.3, 0.4) is 0 Å². The lowest BCUT2D eigenvalue weighted by atomic mass is 9.95. The highest BCUT2D eigenvalue weighted by Gasteiger charge is 2.17. The summed E-state index contributed by atoms with van der Waals surface area (Å²) >= 11 is 0. The van der Waals surface area contributed by atoms with Gasteiger partial charge in [0.25, 0.3) is 0 Å². The summed E-state index contributed by atoms with van der Waals surface area (Å²) in [6.07, 6.45) is 2.47. The summed E-state index contributed by atoms with van der Waals surface area (Å²) in [5, 5.41) is 13.5. The molecule has 1 saturated heterocycles. The van der Waals surface area contributed by atoms with Crippen molar-refractivity contribution in [1.29, 1.82) is 0 Å². The molecule has 2 aromatic rings. The highest BCUT2D eigenvalue weighted by atomic mass is 16.3. The smallest absolute Gasteiger partial charge is 0.123 e. The molecule has 0 saturated carbocycles. The van der Waals surface area contributed by atoms with Gasteiger partial charge in [-0.15, -0.1) is 0 Å². The predicted octanol–water partition coefficient (Wildman–Crippen LogP) is 3.79. The molecule has 0 aliphatic carbocycles. The van der Waals surface area contributed by atoms with Crippen molar-refractivity contribution in [2.24, 2.45) is 0 Å². The molecule has 0 radical (unpaired) electrons. The monoisotopic (exact) mass is 253 g/mol. The van der Waals surface area contributed by atoms with Crippen LogP contribution in [0.5, 0.6) is 5.75 Å². The van der Waals surface area contributed by atoms with Gasteiger partial charge in [0.05, 0.1) is 0 Å². The van der Waals surface area contributed by atoms with Crippen LogP contribution in [0.1, 0.15) is 30.0 Å². The molecule has 1 aliphatic rings. The number of aromatic hydroxyl groups is 1. The van der Waals surface area contributed by atoms with Gasteiger partial charge in [0.15, 0.2) is 0 Å². The molecular formula is C17H19NO. The number of hydrogen-bond donors (Lipinski definition) is 2. The minimum absolute atomic E-state index is 0.345. The average Bonchev–Trinajstić information content (AvgIpc) is 2.94. The average molecular weight is 253 g/mol. The minimum Gasteiger partial charge on any atom is -0.507 e. The van der Waals surface area contributed by atoms with Gasteiger partial charge in [0.2, 0.25) is 0 Å². The van der Waals surface area contributed by atoms with E-state index in [1.54, 1.807) is 6.07 Å². The lowest BCUT2D eigenvalue weighted by Gasteiger charge is -2.14. The number of para-hydroxylation sites is 1. The van der Waals surface area contributed by atoms with Crippen LogP contribution in [0, 0.1) is 6.92 Å². The van der Waals surface area contributed by atoms with Crippen LogP contribution in [-0.4, -0.2) is 11.7 Å². The van der Waals surface area contributed by atoms with E-state index in [0.29, 0.717) is 11.8 Å². The number of nitrogens with one attached hydrogen (secondary N) is 1. The molecule has 0 amide bonds. The fraction of sp³-hybridized carbons (Fsp3) is 0.294. The zero-order valence-corrected chi connectivity index (χ0v) is 11.2. The molecule has 19 heavy (non-hydrogen) atoms. The number of phenolic OH excluding ortho intramolecular Hbond substituents is 1. The Labute approximate surface area is 114 Å². The van der Waals surface area contributed by atoms with Crippen LogP contribution in [0.4, 0.5) is 0 Å². The largest absolute Gasteiger partial charge is 0.507 e. The van der Waals surface area contributed by atoms with Crippen molar-refractivity contribution in [2.75, 3.05) is 6.54 Å². The van der Waals surface area contributed by atoms with E-state index >= 15 is 0 Å². The first-order valence-corrected chi connectivity index (χ1v) is 6.88. The molecule has 2 aromatic carbocycles. The number of rotatable bonds is 2. The molecule has 2 N–H and O–H groups in total. The number of benzene rings is 2. The van der Waals surface area contributed by atoms with Gasteiger partial charge < -0.3 is 10.4 Å². The summed E-state index contributed by atoms with van der Waals surface area (Å²) in [7, 11) is 0. The highest BCUT2D eigenvalue weighted by Crippen LogP contribution is 2.33. The Morgan fingerprint density at radius 2 is 1.95 bits per heavy atom. The van der Waals surface area contributed by atoms with Crippen LogP contribution in [0.2, 0.25) is 0 Å². The van der Waals surface area contributed by atoms with E-state index in [2.05, 4.69) is 30.4 Å². The second-order valence-corrected chi connectivity index (χ2v) is 5.24. The van der Waals surface area contributed by atoms with Gasteiger partial charge in [0, 0.05) is 11.6 Å². The van der Waals surface area contributed by atoms with Crippen LogP contribution >= 0.6 is 0 Å². The molecule has 2 heteroatoms. The molecule has 1 unspecified atom stereocenters. The van der Waals surface area contributed by atoms with Crippen molar-refractivity contribution >= 4 is 0 Å². The summed E-state index contributed by atoms with van der Waals surface area (Å²) in [5.41, 5.74) is 4.59. The Morgan fingerprint density at radius 1 is 1.11 bits per heavy atom. The molecule has 1 fully saturated rings. The fourth-order valence-electron chi connectivity index (χ4n) is 2.88. The zero-order chi connectivity index (χ0) is 13.2. The van der Waals surface area contributed by atoms with Gasteiger partial charge in [-0.3, -0.25) is 0 Å². The fourth-order valence-corrected chi connectivity index (χ4v) is 2.88. The van der Waals surface area contributed by atoms with Gasteiger partial charge >= 0.3 is 0 Å². The van der Waals surface area contributed by atoms with Crippen molar-refractivity contribution in [3.05, 3.63) is 53.6 Å². The summed E-state index contributed by atoms with van der Waals surface area (Å²) in [6.45, 7) is 3.23. The summed E-state index contributed by atoms with van der Waals surface area (Å²) in [6, 6.07) is 14.6. The van der Waals surface area contributed by atoms with Crippen molar-refractivity contribution in [3.8, 4) is 16.9 Å². The van der Waals surface area contributed by atoms with E-state index < -0.39 is 0 Å². The Hall–Kier alpha value is -1.80. The van der Waals surface area contributed by atoms with Gasteiger partial charge in [-0.05, 0) is 49.1 Å². The SMILES string of the molecule is Cc1cc(C2CCCN2)ccc1-c1ccccc1O. The molecule has 0 spiro atoms. The van der Waals surface area contributed by atoms with Gasteiger partial charge in [0.1, 0.15) is 5.75 Å². The maximum absolute atomic E-state index is 9.96. The van der Waals surface area contributed by atoms with E-state index in [1.165, 1.54) is 24.0 Å². The first-order valence-electron chi connectivity index (χ1n) is 6.88. The molecule has 2 nitrogen and oxygen atoms in total. The van der Waals surface area contributed by atoms with E-state index in [9.17, 15) is 5.11 Å². The number of hydrogen-bond acceptors (Lipinski definition) is 2. The summed E-state index contributed by atoms with van der Waals surface area (Å²) in [5.74, 6) is 0.345. The van der Waals surface area contributed by atoms with Gasteiger partial charge in [-0.1, -0.05) is 36.4 Å². The first kappa shape index (κ1) is 12.2. The van der Waals surface area contributed by atoms with Crippen molar-refractivity contribution < 1.29 is 5.11 Å². The Kier molecular flexibility index (Phi) is 3.26. The second-order valence-electron chi connectivity index (χ2n) is 5.24. The lowest BCUT2D eigenvalue weighted by molar-refractivity contribution is 0.477. The van der Waals surface area contributed by atoms with E-state index in [0.717, 1.165) is 17.7 Å². The molecule has 1 aliphatic heterocycles. The van der Waals surface area contributed by atoms with E-state index in [-0.39, 0.29) is 0 Å². The molecule has 3 rings (SSSR count). The zero-order valence-electron chi connectivity index (χ0n) is 11.2. The van der Waals surface area contributed by atoms with Crippen molar-refractivity contribution in [1.82, 2.24) is 5.32 Å². The number of phenols is 1. The highest BCUT2D eigenvalue weighted by molar-refractivity contribution is 5.73. The van der Waals surface area contributed by atoms with E-state index in [4.69, 9.17) is 0 Å². The Morgan fingerprint density at radius 3 is 2.63 bits per heavy atom. The Balaban J connectivity index is 1.98. The second kappa shape index (κ2) is 5.06. The van der Waals surface area contributed by atoms with Crippen LogP contribution in [0.25, 0.3) is 11.1 Å². The summed E-state index contributed by atoms with van der Waals surface area (Å²) in [4.78, 5) is 0. The van der Waals surface area contributed by atoms with Crippen LogP contribution in [-0.2, 0) is 0 Å². The number of aryl methyl sites for hydroxylation is 1. The topological polar surface area (TPSA) is 32.3 Å². The van der Waals surface area contributed by atoms with Crippen LogP contribution in [0.15, 0.2) is 42.5 Å². The van der Waals surface area contributed by atoms with Crippen molar-refractivity contribution in [2.45, 2.75) is 25.8 Å². The van der Waals surface area contributed by atoms with Gasteiger partial charge in [-0.25, -0.2) is 0 Å². The lowest BCUT2D eigenvalue weighted by Crippen LogP contribution is -2.12. The maximum atomic E-state index is 9.96. The molecule has 1 heterocycles. The van der Waals surface area contributed by atoms with Crippen molar-refractivity contribution in [3.63, 3.8) is 0 Å². The third kappa shape index (κ3) is 2.36.